The number of nitrogens with zero attached hydrogens (tertiary/aromatic N) is 1. The molecule has 22 heavy (non-hydrogen) atoms. The SMILES string of the molecule is O=C(/C=C/c1ccc(F)cc1)Nc1nc(-c2cccs2)cs1. The van der Waals surface area contributed by atoms with Gasteiger partial charge in [-0.05, 0) is 35.2 Å². The number of carbonyl (C=O) groups is 1. The zero-order valence-corrected chi connectivity index (χ0v) is 13.0. The maximum Gasteiger partial charge on any atom is 0.250 e. The van der Waals surface area contributed by atoms with Gasteiger partial charge in [0.2, 0.25) is 5.91 Å². The van der Waals surface area contributed by atoms with Crippen LogP contribution >= 0.6 is 22.7 Å². The Morgan fingerprint density at radius 1 is 1.18 bits per heavy atom. The number of halogens is 1. The van der Waals surface area contributed by atoms with Gasteiger partial charge in [-0.15, -0.1) is 22.7 Å². The van der Waals surface area contributed by atoms with E-state index < -0.39 is 0 Å². The summed E-state index contributed by atoms with van der Waals surface area (Å²) in [6.45, 7) is 0. The Balaban J connectivity index is 1.63. The summed E-state index contributed by atoms with van der Waals surface area (Å²) in [6.07, 6.45) is 3.03. The molecular weight excluding hydrogens is 319 g/mol. The van der Waals surface area contributed by atoms with Gasteiger partial charge in [0, 0.05) is 11.5 Å². The second kappa shape index (κ2) is 6.64. The van der Waals surface area contributed by atoms with Gasteiger partial charge in [0.05, 0.1) is 10.6 Å². The van der Waals surface area contributed by atoms with Crippen LogP contribution in [0.3, 0.4) is 0 Å². The van der Waals surface area contributed by atoms with E-state index in [2.05, 4.69) is 10.3 Å². The lowest BCUT2D eigenvalue weighted by Gasteiger charge is -1.96. The highest BCUT2D eigenvalue weighted by Crippen LogP contribution is 2.28. The molecule has 3 aromatic rings. The standard InChI is InChI=1S/C16H11FN2OS2/c17-12-6-3-11(4-7-12)5-8-15(20)19-16-18-13(10-22-16)14-2-1-9-21-14/h1-10H,(H,18,19,20)/b8-5+. The zero-order valence-electron chi connectivity index (χ0n) is 11.3. The number of aromatic nitrogens is 1. The molecule has 0 saturated carbocycles. The monoisotopic (exact) mass is 330 g/mol. The highest BCUT2D eigenvalue weighted by Gasteiger charge is 2.06. The van der Waals surface area contributed by atoms with Crippen molar-refractivity contribution in [3.63, 3.8) is 0 Å². The van der Waals surface area contributed by atoms with Crippen LogP contribution in [-0.2, 0) is 4.79 Å². The normalized spacial score (nSPS) is 11.0. The number of amides is 1. The minimum absolute atomic E-state index is 0.267. The molecule has 1 aromatic carbocycles. The molecule has 2 aromatic heterocycles. The summed E-state index contributed by atoms with van der Waals surface area (Å²) in [5.74, 6) is -0.568. The van der Waals surface area contributed by atoms with Gasteiger partial charge in [-0.25, -0.2) is 9.37 Å². The number of thiazole rings is 1. The fourth-order valence-corrected chi connectivity index (χ4v) is 3.24. The van der Waals surface area contributed by atoms with E-state index in [-0.39, 0.29) is 11.7 Å². The van der Waals surface area contributed by atoms with E-state index >= 15 is 0 Å². The molecule has 0 unspecified atom stereocenters. The summed E-state index contributed by atoms with van der Waals surface area (Å²) in [5, 5.41) is 7.16. The van der Waals surface area contributed by atoms with Gasteiger partial charge < -0.3 is 0 Å². The summed E-state index contributed by atoms with van der Waals surface area (Å²) in [4.78, 5) is 17.3. The van der Waals surface area contributed by atoms with E-state index in [1.54, 1.807) is 29.5 Å². The van der Waals surface area contributed by atoms with Crippen LogP contribution in [0, 0.1) is 5.82 Å². The number of benzene rings is 1. The minimum atomic E-state index is -0.300. The van der Waals surface area contributed by atoms with Crippen LogP contribution in [0.5, 0.6) is 0 Å². The third kappa shape index (κ3) is 3.66. The van der Waals surface area contributed by atoms with Crippen LogP contribution in [0.1, 0.15) is 5.56 Å². The van der Waals surface area contributed by atoms with E-state index in [0.717, 1.165) is 16.1 Å². The van der Waals surface area contributed by atoms with E-state index in [1.165, 1.54) is 29.5 Å². The average Bonchev–Trinajstić information content (AvgIpc) is 3.17. The van der Waals surface area contributed by atoms with Crippen LogP contribution in [0.25, 0.3) is 16.6 Å². The van der Waals surface area contributed by atoms with Crippen LogP contribution in [0.15, 0.2) is 53.2 Å². The molecule has 0 spiro atoms. The van der Waals surface area contributed by atoms with Crippen molar-refractivity contribution in [2.75, 3.05) is 5.32 Å². The first kappa shape index (κ1) is 14.6. The molecule has 1 amide bonds. The quantitative estimate of drug-likeness (QED) is 0.707. The summed E-state index contributed by atoms with van der Waals surface area (Å²) < 4.78 is 12.8. The van der Waals surface area contributed by atoms with Crippen molar-refractivity contribution in [1.82, 2.24) is 4.98 Å². The molecule has 2 heterocycles. The molecular formula is C16H11FN2OS2. The van der Waals surface area contributed by atoms with Crippen LogP contribution < -0.4 is 5.32 Å². The topological polar surface area (TPSA) is 42.0 Å². The number of anilines is 1. The van der Waals surface area contributed by atoms with E-state index in [4.69, 9.17) is 0 Å². The van der Waals surface area contributed by atoms with E-state index in [0.29, 0.717) is 5.13 Å². The molecule has 1 N–H and O–H groups in total. The van der Waals surface area contributed by atoms with Gasteiger partial charge >= 0.3 is 0 Å². The fraction of sp³-hybridized carbons (Fsp3) is 0. The van der Waals surface area contributed by atoms with Crippen molar-refractivity contribution in [3.05, 3.63) is 64.6 Å². The number of carbonyl (C=O) groups excluding carboxylic acids is 1. The van der Waals surface area contributed by atoms with Gasteiger partial charge in [-0.1, -0.05) is 18.2 Å². The average molecular weight is 330 g/mol. The van der Waals surface area contributed by atoms with E-state index in [9.17, 15) is 9.18 Å². The maximum atomic E-state index is 12.8. The third-order valence-electron chi connectivity index (χ3n) is 2.81. The van der Waals surface area contributed by atoms with Crippen molar-refractivity contribution >= 4 is 39.8 Å². The predicted octanol–water partition coefficient (Wildman–Crippen LogP) is 4.66. The molecule has 0 radical (unpaired) electrons. The number of rotatable bonds is 4. The van der Waals surface area contributed by atoms with Crippen molar-refractivity contribution in [1.29, 1.82) is 0 Å². The summed E-state index contributed by atoms with van der Waals surface area (Å²) in [5.41, 5.74) is 1.62. The van der Waals surface area contributed by atoms with Gasteiger partial charge in [0.1, 0.15) is 5.82 Å². The first-order valence-corrected chi connectivity index (χ1v) is 8.21. The van der Waals surface area contributed by atoms with Crippen LogP contribution in [0.2, 0.25) is 0 Å². The van der Waals surface area contributed by atoms with Crippen LogP contribution in [-0.4, -0.2) is 10.9 Å². The Morgan fingerprint density at radius 2 is 2.00 bits per heavy atom. The van der Waals surface area contributed by atoms with Gasteiger partial charge in [0.15, 0.2) is 5.13 Å². The van der Waals surface area contributed by atoms with Crippen molar-refractivity contribution in [2.24, 2.45) is 0 Å². The van der Waals surface area contributed by atoms with Crippen molar-refractivity contribution < 1.29 is 9.18 Å². The Hall–Kier alpha value is -2.31. The summed E-state index contributed by atoms with van der Waals surface area (Å²) >= 11 is 2.98. The molecule has 0 bridgehead atoms. The van der Waals surface area contributed by atoms with Gasteiger partial charge in [-0.3, -0.25) is 10.1 Å². The number of nitrogens with one attached hydrogen (secondary N) is 1. The number of hydrogen-bond donors (Lipinski definition) is 1. The van der Waals surface area contributed by atoms with Crippen molar-refractivity contribution in [3.8, 4) is 10.6 Å². The predicted molar refractivity (Wildman–Crippen MR) is 89.5 cm³/mol. The smallest absolute Gasteiger partial charge is 0.250 e. The second-order valence-electron chi connectivity index (χ2n) is 4.39. The first-order valence-electron chi connectivity index (χ1n) is 6.45. The molecule has 6 heteroatoms. The van der Waals surface area contributed by atoms with E-state index in [1.807, 2.05) is 22.9 Å². The molecule has 0 aliphatic carbocycles. The zero-order chi connectivity index (χ0) is 15.4. The van der Waals surface area contributed by atoms with Gasteiger partial charge in [0.25, 0.3) is 0 Å². The molecule has 0 aliphatic heterocycles. The summed E-state index contributed by atoms with van der Waals surface area (Å²) in [7, 11) is 0. The Labute approximate surface area is 134 Å². The molecule has 0 saturated heterocycles. The lowest BCUT2D eigenvalue weighted by atomic mass is 10.2. The molecule has 0 aliphatic rings. The Kier molecular flexibility index (Phi) is 4.41. The largest absolute Gasteiger partial charge is 0.298 e. The Morgan fingerprint density at radius 3 is 2.73 bits per heavy atom. The molecule has 3 rings (SSSR count). The van der Waals surface area contributed by atoms with Crippen molar-refractivity contribution in [2.45, 2.75) is 0 Å². The Bertz CT molecular complexity index is 792. The molecule has 0 fully saturated rings. The highest BCUT2D eigenvalue weighted by molar-refractivity contribution is 7.16. The third-order valence-corrected chi connectivity index (χ3v) is 4.46. The first-order chi connectivity index (χ1) is 10.7. The lowest BCUT2D eigenvalue weighted by molar-refractivity contribution is -0.111. The number of thiophene rings is 1. The van der Waals surface area contributed by atoms with Gasteiger partial charge in [-0.2, -0.15) is 0 Å². The maximum absolute atomic E-state index is 12.8. The lowest BCUT2D eigenvalue weighted by Crippen LogP contribution is -2.07. The summed E-state index contributed by atoms with van der Waals surface area (Å²) in [6, 6.07) is 9.87. The molecule has 0 atom stereocenters. The highest BCUT2D eigenvalue weighted by atomic mass is 32.1. The molecule has 110 valence electrons. The minimum Gasteiger partial charge on any atom is -0.298 e. The van der Waals surface area contributed by atoms with Crippen LogP contribution in [0.4, 0.5) is 9.52 Å². The number of hydrogen-bond acceptors (Lipinski definition) is 4. The second-order valence-corrected chi connectivity index (χ2v) is 6.20. The molecule has 3 nitrogen and oxygen atoms in total. The fourth-order valence-electron chi connectivity index (χ4n) is 1.76.